The van der Waals surface area contributed by atoms with Gasteiger partial charge in [0.05, 0.1) is 17.1 Å². The number of phenolic OH excluding ortho intramolecular Hbond substituents is 1. The number of hydrogen-bond acceptors (Lipinski definition) is 4. The Bertz CT molecular complexity index is 624. The van der Waals surface area contributed by atoms with Crippen LogP contribution >= 0.6 is 23.2 Å². The number of amides is 2. The second-order valence-corrected chi connectivity index (χ2v) is 6.43. The minimum absolute atomic E-state index is 0.0877. The lowest BCUT2D eigenvalue weighted by Gasteiger charge is -2.27. The fourth-order valence-electron chi connectivity index (χ4n) is 2.79. The summed E-state index contributed by atoms with van der Waals surface area (Å²) in [6, 6.07) is 2.06. The van der Waals surface area contributed by atoms with E-state index in [1.807, 2.05) is 0 Å². The minimum atomic E-state index is -0.494. The molecule has 1 unspecified atom stereocenters. The summed E-state index contributed by atoms with van der Waals surface area (Å²) >= 11 is 11.7. The summed E-state index contributed by atoms with van der Waals surface area (Å²) in [6.45, 7) is 2.46. The Balaban J connectivity index is 2.01. The zero-order chi connectivity index (χ0) is 17.1. The molecule has 2 rings (SSSR count). The molecule has 2 atom stereocenters. The molecular weight excluding hydrogens is 341 g/mol. The second kappa shape index (κ2) is 7.38. The fraction of sp³-hybridized carbons (Fsp3) is 0.467. The molecule has 126 valence electrons. The van der Waals surface area contributed by atoms with E-state index in [4.69, 9.17) is 28.9 Å². The quantitative estimate of drug-likeness (QED) is 0.744. The first-order valence-electron chi connectivity index (χ1n) is 7.31. The van der Waals surface area contributed by atoms with Gasteiger partial charge in [-0.15, -0.1) is 0 Å². The first-order chi connectivity index (χ1) is 10.8. The highest BCUT2D eigenvalue weighted by Crippen LogP contribution is 2.31. The van der Waals surface area contributed by atoms with Crippen molar-refractivity contribution in [1.82, 2.24) is 10.2 Å². The lowest BCUT2D eigenvalue weighted by atomic mass is 10.1. The lowest BCUT2D eigenvalue weighted by molar-refractivity contribution is -0.129. The fourth-order valence-corrected chi connectivity index (χ4v) is 3.33. The van der Waals surface area contributed by atoms with Crippen LogP contribution in [0.3, 0.4) is 0 Å². The Morgan fingerprint density at radius 1 is 1.48 bits per heavy atom. The molecule has 0 bridgehead atoms. The van der Waals surface area contributed by atoms with Gasteiger partial charge < -0.3 is 16.2 Å². The SMILES string of the molecule is C[C@@H](C(=O)NCc1cc(Cl)cc(Cl)c1O)N1CCCC1C(N)=O. The molecule has 23 heavy (non-hydrogen) atoms. The predicted octanol–water partition coefficient (Wildman–Crippen LogP) is 1.65. The number of carbonyl (C=O) groups is 2. The van der Waals surface area contributed by atoms with Crippen molar-refractivity contribution in [3.63, 3.8) is 0 Å². The van der Waals surface area contributed by atoms with Gasteiger partial charge in [-0.2, -0.15) is 0 Å². The highest BCUT2D eigenvalue weighted by atomic mass is 35.5. The van der Waals surface area contributed by atoms with Crippen molar-refractivity contribution in [2.75, 3.05) is 6.54 Å². The summed E-state index contributed by atoms with van der Waals surface area (Å²) in [5.74, 6) is -0.782. The zero-order valence-corrected chi connectivity index (χ0v) is 14.2. The van der Waals surface area contributed by atoms with Gasteiger partial charge >= 0.3 is 0 Å². The molecule has 0 saturated carbocycles. The Labute approximate surface area is 144 Å². The molecule has 1 saturated heterocycles. The topological polar surface area (TPSA) is 95.7 Å². The highest BCUT2D eigenvalue weighted by molar-refractivity contribution is 6.35. The molecule has 8 heteroatoms. The monoisotopic (exact) mass is 359 g/mol. The van der Waals surface area contributed by atoms with Crippen LogP contribution in [0, 0.1) is 0 Å². The van der Waals surface area contributed by atoms with E-state index in [0.717, 1.165) is 6.42 Å². The van der Waals surface area contributed by atoms with E-state index in [1.165, 1.54) is 12.1 Å². The van der Waals surface area contributed by atoms with Crippen LogP contribution in [0.1, 0.15) is 25.3 Å². The number of aromatic hydroxyl groups is 1. The molecule has 6 nitrogen and oxygen atoms in total. The zero-order valence-electron chi connectivity index (χ0n) is 12.7. The van der Waals surface area contributed by atoms with Crippen LogP contribution in [-0.2, 0) is 16.1 Å². The van der Waals surface area contributed by atoms with Crippen LogP contribution < -0.4 is 11.1 Å². The predicted molar refractivity (Wildman–Crippen MR) is 88.4 cm³/mol. The minimum Gasteiger partial charge on any atom is -0.506 e. The summed E-state index contributed by atoms with van der Waals surface area (Å²) in [5, 5.41) is 13.1. The highest BCUT2D eigenvalue weighted by Gasteiger charge is 2.35. The number of rotatable bonds is 5. The van der Waals surface area contributed by atoms with Crippen LogP contribution in [0.25, 0.3) is 0 Å². The van der Waals surface area contributed by atoms with Crippen molar-refractivity contribution in [2.24, 2.45) is 5.73 Å². The average Bonchev–Trinajstić information content (AvgIpc) is 2.97. The molecule has 2 amide bonds. The summed E-state index contributed by atoms with van der Waals surface area (Å²) in [5.41, 5.74) is 5.80. The molecule has 0 radical (unpaired) electrons. The number of nitrogens with two attached hydrogens (primary N) is 1. The van der Waals surface area contributed by atoms with Crippen molar-refractivity contribution in [1.29, 1.82) is 0 Å². The summed E-state index contributed by atoms with van der Waals surface area (Å²) in [4.78, 5) is 25.5. The molecule has 1 aromatic carbocycles. The van der Waals surface area contributed by atoms with E-state index in [9.17, 15) is 14.7 Å². The number of phenols is 1. The number of primary amides is 1. The summed E-state index contributed by atoms with van der Waals surface area (Å²) < 4.78 is 0. The Kier molecular flexibility index (Phi) is 5.73. The third kappa shape index (κ3) is 4.07. The number of benzene rings is 1. The molecule has 1 fully saturated rings. The van der Waals surface area contributed by atoms with Crippen LogP contribution in [0.4, 0.5) is 0 Å². The van der Waals surface area contributed by atoms with E-state index in [-0.39, 0.29) is 23.2 Å². The Morgan fingerprint density at radius 2 is 2.17 bits per heavy atom. The van der Waals surface area contributed by atoms with Gasteiger partial charge in [-0.05, 0) is 38.4 Å². The van der Waals surface area contributed by atoms with Gasteiger partial charge in [0.15, 0.2) is 0 Å². The van der Waals surface area contributed by atoms with Gasteiger partial charge in [0, 0.05) is 17.1 Å². The molecule has 1 aromatic rings. The maximum Gasteiger partial charge on any atom is 0.237 e. The number of nitrogens with one attached hydrogen (secondary N) is 1. The summed E-state index contributed by atoms with van der Waals surface area (Å²) in [7, 11) is 0. The number of hydrogen-bond donors (Lipinski definition) is 3. The van der Waals surface area contributed by atoms with Crippen LogP contribution in [0.15, 0.2) is 12.1 Å². The maximum atomic E-state index is 12.3. The molecule has 0 spiro atoms. The molecular formula is C15H19Cl2N3O3. The van der Waals surface area contributed by atoms with E-state index in [0.29, 0.717) is 23.6 Å². The molecule has 0 aromatic heterocycles. The van der Waals surface area contributed by atoms with Crippen molar-refractivity contribution in [3.05, 3.63) is 27.7 Å². The third-order valence-electron chi connectivity index (χ3n) is 4.06. The first kappa shape index (κ1) is 17.8. The van der Waals surface area contributed by atoms with E-state index in [1.54, 1.807) is 11.8 Å². The maximum absolute atomic E-state index is 12.3. The van der Waals surface area contributed by atoms with Gasteiger partial charge in [-0.25, -0.2) is 0 Å². The van der Waals surface area contributed by atoms with Crippen molar-refractivity contribution >= 4 is 35.0 Å². The number of halogens is 2. The standard InChI is InChI=1S/C15H19Cl2N3O3/c1-8(20-4-2-3-12(20)14(18)22)15(23)19-7-9-5-10(16)6-11(17)13(9)21/h5-6,8,12,21H,2-4,7H2,1H3,(H2,18,22)(H,19,23)/t8-,12?/m0/s1. The van der Waals surface area contributed by atoms with E-state index in [2.05, 4.69) is 5.32 Å². The van der Waals surface area contributed by atoms with E-state index >= 15 is 0 Å². The van der Waals surface area contributed by atoms with Gasteiger partial charge in [0.2, 0.25) is 11.8 Å². The molecule has 0 aliphatic carbocycles. The van der Waals surface area contributed by atoms with Crippen molar-refractivity contribution < 1.29 is 14.7 Å². The first-order valence-corrected chi connectivity index (χ1v) is 8.06. The Hall–Kier alpha value is -1.50. The summed E-state index contributed by atoms with van der Waals surface area (Å²) in [6.07, 6.45) is 1.49. The molecule has 4 N–H and O–H groups in total. The number of likely N-dealkylation sites (tertiary alicyclic amines) is 1. The average molecular weight is 360 g/mol. The second-order valence-electron chi connectivity index (χ2n) is 5.59. The van der Waals surface area contributed by atoms with Gasteiger partial charge in [0.25, 0.3) is 0 Å². The third-order valence-corrected chi connectivity index (χ3v) is 4.57. The lowest BCUT2D eigenvalue weighted by Crippen LogP contribution is -2.50. The largest absolute Gasteiger partial charge is 0.506 e. The van der Waals surface area contributed by atoms with Crippen LogP contribution in [-0.4, -0.2) is 40.4 Å². The van der Waals surface area contributed by atoms with Crippen LogP contribution in [0.2, 0.25) is 10.0 Å². The van der Waals surface area contributed by atoms with Crippen LogP contribution in [0.5, 0.6) is 5.75 Å². The number of carbonyl (C=O) groups excluding carboxylic acids is 2. The van der Waals surface area contributed by atoms with Gasteiger partial charge in [0.1, 0.15) is 5.75 Å². The number of nitrogens with zero attached hydrogens (tertiary/aromatic N) is 1. The Morgan fingerprint density at radius 3 is 2.83 bits per heavy atom. The molecule has 1 heterocycles. The van der Waals surface area contributed by atoms with Crippen molar-refractivity contribution in [2.45, 2.75) is 38.4 Å². The van der Waals surface area contributed by atoms with Gasteiger partial charge in [-0.3, -0.25) is 14.5 Å². The smallest absolute Gasteiger partial charge is 0.237 e. The molecule has 1 aliphatic rings. The van der Waals surface area contributed by atoms with Gasteiger partial charge in [-0.1, -0.05) is 23.2 Å². The molecule has 1 aliphatic heterocycles. The van der Waals surface area contributed by atoms with E-state index < -0.39 is 18.0 Å². The van der Waals surface area contributed by atoms with Crippen molar-refractivity contribution in [3.8, 4) is 5.75 Å². The normalized spacial score (nSPS) is 19.5.